The van der Waals surface area contributed by atoms with Crippen LogP contribution in [-0.2, 0) is 0 Å². The summed E-state index contributed by atoms with van der Waals surface area (Å²) in [5.74, 6) is 2.31. The maximum atomic E-state index is 10.3. The van der Waals surface area contributed by atoms with Crippen molar-refractivity contribution < 1.29 is 9.84 Å². The lowest BCUT2D eigenvalue weighted by Gasteiger charge is -2.36. The van der Waals surface area contributed by atoms with Crippen LogP contribution in [0.25, 0.3) is 10.9 Å². The number of nitrogens with zero attached hydrogens (tertiary/aromatic N) is 3. The van der Waals surface area contributed by atoms with Crippen LogP contribution in [0.15, 0.2) is 77.8 Å². The second-order valence-electron chi connectivity index (χ2n) is 11.6. The fourth-order valence-electron chi connectivity index (χ4n) is 6.24. The van der Waals surface area contributed by atoms with Gasteiger partial charge in [0.25, 0.3) is 0 Å². The van der Waals surface area contributed by atoms with E-state index in [2.05, 4.69) is 67.9 Å². The molecule has 0 unspecified atom stereocenters. The molecular weight excluding hydrogens is 470 g/mol. The molecule has 6 rings (SSSR count). The minimum Gasteiger partial charge on any atom is -0.506 e. The van der Waals surface area contributed by atoms with Gasteiger partial charge in [0.2, 0.25) is 5.88 Å². The Balaban J connectivity index is 1.39. The van der Waals surface area contributed by atoms with Gasteiger partial charge in [0.1, 0.15) is 22.9 Å². The minimum absolute atomic E-state index is 0.146. The van der Waals surface area contributed by atoms with Crippen molar-refractivity contribution in [2.75, 3.05) is 4.90 Å². The quantitative estimate of drug-likeness (QED) is 0.306. The van der Waals surface area contributed by atoms with Crippen molar-refractivity contribution >= 4 is 22.4 Å². The van der Waals surface area contributed by atoms with Gasteiger partial charge in [-0.05, 0) is 73.9 Å². The van der Waals surface area contributed by atoms with E-state index in [9.17, 15) is 5.11 Å². The number of phenolic OH excluding ortho intramolecular Hbond substituents is 1. The maximum absolute atomic E-state index is 10.3. The third-order valence-electron chi connectivity index (χ3n) is 8.08. The summed E-state index contributed by atoms with van der Waals surface area (Å²) in [4.78, 5) is 12.5. The molecule has 0 saturated heterocycles. The number of aromatic hydroxyl groups is 1. The van der Waals surface area contributed by atoms with Gasteiger partial charge in [-0.15, -0.1) is 0 Å². The molecule has 2 heterocycles. The van der Waals surface area contributed by atoms with Gasteiger partial charge in [0, 0.05) is 22.7 Å². The lowest BCUT2D eigenvalue weighted by molar-refractivity contribution is 0.298. The number of para-hydroxylation sites is 2. The van der Waals surface area contributed by atoms with E-state index in [1.807, 2.05) is 36.4 Å². The number of aromatic nitrogens is 1. The van der Waals surface area contributed by atoms with Crippen molar-refractivity contribution in [3.8, 4) is 17.4 Å². The number of anilines is 1. The largest absolute Gasteiger partial charge is 0.506 e. The number of phenols is 1. The summed E-state index contributed by atoms with van der Waals surface area (Å²) in [7, 11) is 0. The standard InChI is InChI=1S/C33H35N3O2/c1-21-9-5-10-22(2)31(21)36-27-20-33(3,4)18-8-14-26(27)34-32(36)24-12-6-13-25(19-24)38-29-17-16-23-11-7-15-28(37)30(23)35-29/h5-7,9-13,15-17,19,26-27,37H,8,14,18,20H2,1-4H3/t26-,27-/m0/s1. The Hall–Kier alpha value is -3.86. The van der Waals surface area contributed by atoms with Gasteiger partial charge in [-0.1, -0.05) is 62.7 Å². The summed E-state index contributed by atoms with van der Waals surface area (Å²) >= 11 is 0. The zero-order valence-electron chi connectivity index (χ0n) is 22.6. The Bertz CT molecular complexity index is 1520. The Morgan fingerprint density at radius 3 is 2.53 bits per heavy atom. The molecule has 1 aliphatic carbocycles. The molecule has 0 amide bonds. The zero-order valence-corrected chi connectivity index (χ0v) is 22.6. The number of aryl methyl sites for hydroxylation is 2. The van der Waals surface area contributed by atoms with E-state index in [1.54, 1.807) is 6.07 Å². The molecule has 38 heavy (non-hydrogen) atoms. The number of hydrogen-bond donors (Lipinski definition) is 1. The Morgan fingerprint density at radius 1 is 0.947 bits per heavy atom. The van der Waals surface area contributed by atoms with Crippen molar-refractivity contribution in [3.05, 3.63) is 89.5 Å². The van der Waals surface area contributed by atoms with Crippen LogP contribution >= 0.6 is 0 Å². The lowest BCUT2D eigenvalue weighted by Crippen LogP contribution is -2.42. The number of pyridine rings is 1. The SMILES string of the molecule is Cc1cccc(C)c1N1C(c2cccc(Oc3ccc4cccc(O)c4n3)c2)=N[C@H]2CCCC(C)(C)C[C@@H]21. The highest BCUT2D eigenvalue weighted by Crippen LogP contribution is 2.43. The molecule has 1 fully saturated rings. The number of ether oxygens (including phenoxy) is 1. The second-order valence-corrected chi connectivity index (χ2v) is 11.6. The van der Waals surface area contributed by atoms with Crippen molar-refractivity contribution in [1.29, 1.82) is 0 Å². The number of amidine groups is 1. The number of aliphatic imine (C=N–C) groups is 1. The van der Waals surface area contributed by atoms with Crippen LogP contribution in [0.1, 0.15) is 56.2 Å². The smallest absolute Gasteiger partial charge is 0.219 e. The first-order valence-corrected chi connectivity index (χ1v) is 13.6. The molecule has 0 bridgehead atoms. The third-order valence-corrected chi connectivity index (χ3v) is 8.08. The fourth-order valence-corrected chi connectivity index (χ4v) is 6.24. The van der Waals surface area contributed by atoms with E-state index >= 15 is 0 Å². The molecule has 1 saturated carbocycles. The highest BCUT2D eigenvalue weighted by molar-refractivity contribution is 6.12. The first-order chi connectivity index (χ1) is 18.3. The molecular formula is C33H35N3O2. The van der Waals surface area contributed by atoms with E-state index in [0.29, 0.717) is 23.2 Å². The van der Waals surface area contributed by atoms with Crippen LogP contribution in [0, 0.1) is 19.3 Å². The summed E-state index contributed by atoms with van der Waals surface area (Å²) < 4.78 is 6.21. The lowest BCUT2D eigenvalue weighted by atomic mass is 9.82. The van der Waals surface area contributed by atoms with E-state index in [0.717, 1.165) is 29.6 Å². The average molecular weight is 506 g/mol. The minimum atomic E-state index is 0.146. The van der Waals surface area contributed by atoms with Gasteiger partial charge >= 0.3 is 0 Å². The molecule has 5 heteroatoms. The Morgan fingerprint density at radius 2 is 1.71 bits per heavy atom. The first kappa shape index (κ1) is 24.5. The average Bonchev–Trinajstić information content (AvgIpc) is 3.13. The molecule has 1 aliphatic heterocycles. The monoisotopic (exact) mass is 505 g/mol. The van der Waals surface area contributed by atoms with E-state index in [4.69, 9.17) is 9.73 Å². The van der Waals surface area contributed by atoms with Gasteiger partial charge in [-0.3, -0.25) is 4.99 Å². The van der Waals surface area contributed by atoms with Crippen molar-refractivity contribution in [1.82, 2.24) is 4.98 Å². The molecule has 194 valence electrons. The molecule has 5 nitrogen and oxygen atoms in total. The topological polar surface area (TPSA) is 58.0 Å². The molecule has 1 aromatic heterocycles. The van der Waals surface area contributed by atoms with Crippen LogP contribution in [0.5, 0.6) is 17.4 Å². The zero-order chi connectivity index (χ0) is 26.4. The van der Waals surface area contributed by atoms with Crippen LogP contribution < -0.4 is 9.64 Å². The van der Waals surface area contributed by atoms with E-state index in [-0.39, 0.29) is 17.2 Å². The Labute approximate surface area is 224 Å². The summed E-state index contributed by atoms with van der Waals surface area (Å²) in [6.45, 7) is 9.21. The van der Waals surface area contributed by atoms with Crippen LogP contribution in [-0.4, -0.2) is 28.0 Å². The van der Waals surface area contributed by atoms with Gasteiger partial charge in [0.05, 0.1) is 12.1 Å². The van der Waals surface area contributed by atoms with Crippen LogP contribution in [0.3, 0.4) is 0 Å². The summed E-state index contributed by atoms with van der Waals surface area (Å²) in [6.07, 6.45) is 4.66. The van der Waals surface area contributed by atoms with Crippen molar-refractivity contribution in [2.24, 2.45) is 10.4 Å². The first-order valence-electron chi connectivity index (χ1n) is 13.6. The summed E-state index contributed by atoms with van der Waals surface area (Å²) in [5.41, 5.74) is 5.66. The highest BCUT2D eigenvalue weighted by Gasteiger charge is 2.43. The van der Waals surface area contributed by atoms with E-state index in [1.165, 1.54) is 29.7 Å². The molecule has 0 radical (unpaired) electrons. The summed E-state index contributed by atoms with van der Waals surface area (Å²) in [6, 6.07) is 24.4. The molecule has 2 atom stereocenters. The molecule has 2 aliphatic rings. The predicted octanol–water partition coefficient (Wildman–Crippen LogP) is 7.95. The number of benzene rings is 3. The Kier molecular flexibility index (Phi) is 6.10. The van der Waals surface area contributed by atoms with Crippen molar-refractivity contribution in [3.63, 3.8) is 0 Å². The predicted molar refractivity (Wildman–Crippen MR) is 155 cm³/mol. The number of hydrogen-bond acceptors (Lipinski definition) is 5. The normalized spacial score (nSPS) is 20.6. The van der Waals surface area contributed by atoms with Gasteiger partial charge in [0.15, 0.2) is 0 Å². The molecule has 3 aromatic carbocycles. The molecule has 4 aromatic rings. The van der Waals surface area contributed by atoms with Crippen LogP contribution in [0.4, 0.5) is 5.69 Å². The van der Waals surface area contributed by atoms with Gasteiger partial charge in [-0.25, -0.2) is 4.98 Å². The fraction of sp³-hybridized carbons (Fsp3) is 0.333. The van der Waals surface area contributed by atoms with Crippen molar-refractivity contribution in [2.45, 2.75) is 65.5 Å². The highest BCUT2D eigenvalue weighted by atomic mass is 16.5. The number of fused-ring (bicyclic) bond motifs is 2. The van der Waals surface area contributed by atoms with Crippen LogP contribution in [0.2, 0.25) is 0 Å². The maximum Gasteiger partial charge on any atom is 0.219 e. The summed E-state index contributed by atoms with van der Waals surface area (Å²) in [5, 5.41) is 11.1. The van der Waals surface area contributed by atoms with Gasteiger partial charge < -0.3 is 14.7 Å². The number of rotatable bonds is 4. The second kappa shape index (κ2) is 9.46. The van der Waals surface area contributed by atoms with E-state index < -0.39 is 0 Å². The molecule has 1 N–H and O–H groups in total. The third kappa shape index (κ3) is 4.51. The molecule has 0 spiro atoms. The van der Waals surface area contributed by atoms with Gasteiger partial charge in [-0.2, -0.15) is 0 Å².